The molecular weight excluding hydrogens is 230 g/mol. The summed E-state index contributed by atoms with van der Waals surface area (Å²) in [6, 6.07) is 7.45. The highest BCUT2D eigenvalue weighted by Gasteiger charge is 2.24. The SMILES string of the molecule is O=C(CC1CC1)Nc1cccc(-n2cnnn2)c1. The number of carbonyl (C=O) groups excluding carboxylic acids is 1. The molecule has 2 aromatic rings. The summed E-state index contributed by atoms with van der Waals surface area (Å²) < 4.78 is 1.55. The van der Waals surface area contributed by atoms with E-state index in [9.17, 15) is 4.79 Å². The molecule has 0 bridgehead atoms. The number of hydrogen-bond acceptors (Lipinski definition) is 4. The van der Waals surface area contributed by atoms with Crippen molar-refractivity contribution < 1.29 is 4.79 Å². The van der Waals surface area contributed by atoms with Gasteiger partial charge in [0.15, 0.2) is 0 Å². The predicted molar refractivity (Wildman–Crippen MR) is 65.1 cm³/mol. The van der Waals surface area contributed by atoms with Crippen LogP contribution < -0.4 is 5.32 Å². The van der Waals surface area contributed by atoms with Gasteiger partial charge in [-0.05, 0) is 47.4 Å². The van der Waals surface area contributed by atoms with Gasteiger partial charge in [-0.3, -0.25) is 4.79 Å². The van der Waals surface area contributed by atoms with E-state index in [1.165, 1.54) is 19.2 Å². The van der Waals surface area contributed by atoms with Gasteiger partial charge in [0.25, 0.3) is 0 Å². The molecule has 1 fully saturated rings. The van der Waals surface area contributed by atoms with Gasteiger partial charge in [0.2, 0.25) is 5.91 Å². The number of nitrogens with one attached hydrogen (secondary N) is 1. The monoisotopic (exact) mass is 243 g/mol. The molecule has 1 amide bonds. The topological polar surface area (TPSA) is 72.7 Å². The van der Waals surface area contributed by atoms with E-state index < -0.39 is 0 Å². The molecule has 92 valence electrons. The highest BCUT2D eigenvalue weighted by Crippen LogP contribution is 2.32. The van der Waals surface area contributed by atoms with Crippen LogP contribution in [0.4, 0.5) is 5.69 Å². The summed E-state index contributed by atoms with van der Waals surface area (Å²) in [5.41, 5.74) is 1.60. The summed E-state index contributed by atoms with van der Waals surface area (Å²) in [6.45, 7) is 0. The molecule has 1 aliphatic rings. The van der Waals surface area contributed by atoms with Crippen molar-refractivity contribution in [3.05, 3.63) is 30.6 Å². The quantitative estimate of drug-likeness (QED) is 0.881. The Morgan fingerprint density at radius 1 is 1.44 bits per heavy atom. The van der Waals surface area contributed by atoms with E-state index in [1.807, 2.05) is 24.3 Å². The summed E-state index contributed by atoms with van der Waals surface area (Å²) in [5.74, 6) is 0.666. The standard InChI is InChI=1S/C12H13N5O/c18-12(6-9-4-5-9)14-10-2-1-3-11(7-10)17-8-13-15-16-17/h1-3,7-9H,4-6H2,(H,14,18). The van der Waals surface area contributed by atoms with Crippen molar-refractivity contribution in [3.8, 4) is 5.69 Å². The second-order valence-electron chi connectivity index (χ2n) is 4.50. The molecule has 1 aromatic carbocycles. The molecule has 1 N–H and O–H groups in total. The van der Waals surface area contributed by atoms with Crippen molar-refractivity contribution in [2.45, 2.75) is 19.3 Å². The maximum absolute atomic E-state index is 11.7. The molecule has 0 saturated heterocycles. The van der Waals surface area contributed by atoms with Crippen LogP contribution in [0.1, 0.15) is 19.3 Å². The van der Waals surface area contributed by atoms with Crippen molar-refractivity contribution >= 4 is 11.6 Å². The molecule has 1 heterocycles. The summed E-state index contributed by atoms with van der Waals surface area (Å²) in [6.07, 6.45) is 4.50. The highest BCUT2D eigenvalue weighted by molar-refractivity contribution is 5.91. The molecule has 1 aromatic heterocycles. The van der Waals surface area contributed by atoms with Crippen molar-refractivity contribution in [2.24, 2.45) is 5.92 Å². The summed E-state index contributed by atoms with van der Waals surface area (Å²) in [5, 5.41) is 13.9. The summed E-state index contributed by atoms with van der Waals surface area (Å²) >= 11 is 0. The zero-order valence-corrected chi connectivity index (χ0v) is 9.78. The molecule has 1 aliphatic carbocycles. The van der Waals surface area contributed by atoms with E-state index in [4.69, 9.17) is 0 Å². The first kappa shape index (κ1) is 10.9. The number of nitrogens with zero attached hydrogens (tertiary/aromatic N) is 4. The van der Waals surface area contributed by atoms with Gasteiger partial charge in [0.05, 0.1) is 5.69 Å². The van der Waals surface area contributed by atoms with Crippen LogP contribution in [0.3, 0.4) is 0 Å². The lowest BCUT2D eigenvalue weighted by Crippen LogP contribution is -2.12. The fraction of sp³-hybridized carbons (Fsp3) is 0.333. The second kappa shape index (κ2) is 4.56. The number of rotatable bonds is 4. The Labute approximate surface area is 104 Å². The van der Waals surface area contributed by atoms with E-state index in [0.717, 1.165) is 11.4 Å². The van der Waals surface area contributed by atoms with Gasteiger partial charge in [-0.2, -0.15) is 0 Å². The van der Waals surface area contributed by atoms with Gasteiger partial charge in [0.1, 0.15) is 6.33 Å². The highest BCUT2D eigenvalue weighted by atomic mass is 16.1. The molecule has 3 rings (SSSR count). The Morgan fingerprint density at radius 3 is 3.06 bits per heavy atom. The minimum absolute atomic E-state index is 0.0753. The molecule has 0 radical (unpaired) electrons. The smallest absolute Gasteiger partial charge is 0.224 e. The first-order valence-electron chi connectivity index (χ1n) is 5.94. The Hall–Kier alpha value is -2.24. The molecule has 0 spiro atoms. The zero-order chi connectivity index (χ0) is 12.4. The average molecular weight is 243 g/mol. The molecular formula is C12H13N5O. The first-order chi connectivity index (χ1) is 8.81. The minimum Gasteiger partial charge on any atom is -0.326 e. The number of tetrazole rings is 1. The second-order valence-corrected chi connectivity index (χ2v) is 4.50. The van der Waals surface area contributed by atoms with Crippen LogP contribution in [0.5, 0.6) is 0 Å². The molecule has 0 unspecified atom stereocenters. The number of amides is 1. The third kappa shape index (κ3) is 2.53. The normalized spacial score (nSPS) is 14.4. The van der Waals surface area contributed by atoms with Crippen LogP contribution in [0.25, 0.3) is 5.69 Å². The summed E-state index contributed by atoms with van der Waals surface area (Å²) in [4.78, 5) is 11.7. The van der Waals surface area contributed by atoms with Crippen LogP contribution in [0, 0.1) is 5.92 Å². The van der Waals surface area contributed by atoms with Crippen LogP contribution >= 0.6 is 0 Å². The van der Waals surface area contributed by atoms with Gasteiger partial charge >= 0.3 is 0 Å². The van der Waals surface area contributed by atoms with Crippen LogP contribution in [0.15, 0.2) is 30.6 Å². The lowest BCUT2D eigenvalue weighted by Gasteiger charge is -2.06. The minimum atomic E-state index is 0.0753. The average Bonchev–Trinajstić information content (AvgIpc) is 3.00. The molecule has 0 atom stereocenters. The van der Waals surface area contributed by atoms with Crippen molar-refractivity contribution in [3.63, 3.8) is 0 Å². The Kier molecular flexibility index (Phi) is 2.76. The third-order valence-electron chi connectivity index (χ3n) is 2.91. The van der Waals surface area contributed by atoms with Crippen LogP contribution in [-0.4, -0.2) is 26.1 Å². The maximum Gasteiger partial charge on any atom is 0.224 e. The Bertz CT molecular complexity index is 547. The van der Waals surface area contributed by atoms with Gasteiger partial charge in [-0.25, -0.2) is 4.68 Å². The Balaban J connectivity index is 1.72. The van der Waals surface area contributed by atoms with Crippen molar-refractivity contribution in [2.75, 3.05) is 5.32 Å². The van der Waals surface area contributed by atoms with E-state index in [0.29, 0.717) is 12.3 Å². The van der Waals surface area contributed by atoms with Gasteiger partial charge in [-0.1, -0.05) is 6.07 Å². The number of benzene rings is 1. The maximum atomic E-state index is 11.7. The Morgan fingerprint density at radius 2 is 2.33 bits per heavy atom. The molecule has 6 heteroatoms. The zero-order valence-electron chi connectivity index (χ0n) is 9.78. The number of hydrogen-bond donors (Lipinski definition) is 1. The predicted octanol–water partition coefficient (Wildman–Crippen LogP) is 1.40. The van der Waals surface area contributed by atoms with Crippen LogP contribution in [0.2, 0.25) is 0 Å². The van der Waals surface area contributed by atoms with Gasteiger partial charge in [-0.15, -0.1) is 5.10 Å². The van der Waals surface area contributed by atoms with Crippen molar-refractivity contribution in [1.82, 2.24) is 20.2 Å². The lowest BCUT2D eigenvalue weighted by atomic mass is 10.2. The lowest BCUT2D eigenvalue weighted by molar-refractivity contribution is -0.116. The summed E-state index contributed by atoms with van der Waals surface area (Å²) in [7, 11) is 0. The molecule has 0 aliphatic heterocycles. The van der Waals surface area contributed by atoms with Gasteiger partial charge < -0.3 is 5.32 Å². The van der Waals surface area contributed by atoms with Crippen LogP contribution in [-0.2, 0) is 4.79 Å². The fourth-order valence-electron chi connectivity index (χ4n) is 1.80. The number of aromatic nitrogens is 4. The van der Waals surface area contributed by atoms with E-state index in [1.54, 1.807) is 4.68 Å². The van der Waals surface area contributed by atoms with E-state index >= 15 is 0 Å². The number of carbonyl (C=O) groups is 1. The largest absolute Gasteiger partial charge is 0.326 e. The van der Waals surface area contributed by atoms with E-state index in [2.05, 4.69) is 20.8 Å². The first-order valence-corrected chi connectivity index (χ1v) is 5.94. The third-order valence-corrected chi connectivity index (χ3v) is 2.91. The number of anilines is 1. The van der Waals surface area contributed by atoms with Crippen molar-refractivity contribution in [1.29, 1.82) is 0 Å². The fourth-order valence-corrected chi connectivity index (χ4v) is 1.80. The molecule has 6 nitrogen and oxygen atoms in total. The van der Waals surface area contributed by atoms with E-state index in [-0.39, 0.29) is 5.91 Å². The molecule has 1 saturated carbocycles. The van der Waals surface area contributed by atoms with Gasteiger partial charge in [0, 0.05) is 12.1 Å². The molecule has 18 heavy (non-hydrogen) atoms.